The Morgan fingerprint density at radius 1 is 1.32 bits per heavy atom. The van der Waals surface area contributed by atoms with E-state index in [1.165, 1.54) is 9.04 Å². The monoisotopic (exact) mass is 311 g/mol. The number of rotatable bonds is 4. The second kappa shape index (κ2) is 6.04. The van der Waals surface area contributed by atoms with Gasteiger partial charge in [0, 0.05) is 19.0 Å². The summed E-state index contributed by atoms with van der Waals surface area (Å²) in [5, 5.41) is 0. The van der Waals surface area contributed by atoms with Crippen LogP contribution < -0.4 is 0 Å². The summed E-state index contributed by atoms with van der Waals surface area (Å²) in [6.07, 6.45) is 2.24. The Kier molecular flexibility index (Phi) is 4.37. The first-order valence-electron chi connectivity index (χ1n) is 6.48. The molecule has 0 unspecified atom stereocenters. The van der Waals surface area contributed by atoms with Crippen molar-refractivity contribution >= 4 is 45.9 Å². The van der Waals surface area contributed by atoms with E-state index in [0.29, 0.717) is 5.41 Å². The van der Waals surface area contributed by atoms with E-state index in [1.807, 2.05) is 17.8 Å². The van der Waals surface area contributed by atoms with E-state index in [-0.39, 0.29) is 0 Å². The molecule has 0 amide bonds. The van der Waals surface area contributed by atoms with Gasteiger partial charge in [-0.05, 0) is 36.1 Å². The summed E-state index contributed by atoms with van der Waals surface area (Å²) < 4.78 is 7.92. The van der Waals surface area contributed by atoms with Crippen LogP contribution >= 0.6 is 35.7 Å². The van der Waals surface area contributed by atoms with E-state index in [1.54, 1.807) is 11.3 Å². The summed E-state index contributed by atoms with van der Waals surface area (Å²) in [6.45, 7) is 1.75. The Bertz CT molecular complexity index is 515. The number of hydrogen-bond acceptors (Lipinski definition) is 5. The summed E-state index contributed by atoms with van der Waals surface area (Å²) in [6, 6.07) is 8.34. The molecule has 2 aromatic rings. The van der Waals surface area contributed by atoms with E-state index in [9.17, 15) is 0 Å². The van der Waals surface area contributed by atoms with Crippen molar-refractivity contribution in [1.82, 2.24) is 4.98 Å². The molecule has 0 aliphatic carbocycles. The van der Waals surface area contributed by atoms with Crippen molar-refractivity contribution in [2.24, 2.45) is 5.41 Å². The second-order valence-electron chi connectivity index (χ2n) is 5.01. The first kappa shape index (κ1) is 13.7. The lowest BCUT2D eigenvalue weighted by atomic mass is 9.84. The van der Waals surface area contributed by atoms with Crippen LogP contribution in [0.15, 0.2) is 28.6 Å². The van der Waals surface area contributed by atoms with E-state index in [4.69, 9.17) is 4.74 Å². The molecule has 1 fully saturated rings. The zero-order valence-corrected chi connectivity index (χ0v) is 13.2. The van der Waals surface area contributed by atoms with E-state index in [2.05, 4.69) is 35.8 Å². The van der Waals surface area contributed by atoms with Gasteiger partial charge in [-0.1, -0.05) is 23.9 Å². The van der Waals surface area contributed by atoms with E-state index < -0.39 is 0 Å². The minimum absolute atomic E-state index is 0.323. The molecule has 0 spiro atoms. The van der Waals surface area contributed by atoms with Crippen molar-refractivity contribution in [2.45, 2.75) is 17.2 Å². The van der Waals surface area contributed by atoms with Gasteiger partial charge in [0.25, 0.3) is 0 Å². The van der Waals surface area contributed by atoms with E-state index >= 15 is 0 Å². The maximum absolute atomic E-state index is 5.47. The maximum atomic E-state index is 5.47. The molecule has 0 saturated carbocycles. The molecule has 5 heteroatoms. The number of nitrogens with zero attached hydrogens (tertiary/aromatic N) is 1. The number of thiol groups is 1. The van der Waals surface area contributed by atoms with Gasteiger partial charge in [-0.2, -0.15) is 12.6 Å². The van der Waals surface area contributed by atoms with E-state index in [0.717, 1.165) is 43.1 Å². The molecule has 1 aromatic carbocycles. The van der Waals surface area contributed by atoms with Crippen LogP contribution in [0.4, 0.5) is 0 Å². The van der Waals surface area contributed by atoms with Crippen LogP contribution in [0.1, 0.15) is 12.8 Å². The van der Waals surface area contributed by atoms with Crippen LogP contribution in [0.25, 0.3) is 10.2 Å². The van der Waals surface area contributed by atoms with Crippen molar-refractivity contribution < 1.29 is 4.74 Å². The largest absolute Gasteiger partial charge is 0.381 e. The fraction of sp³-hybridized carbons (Fsp3) is 0.500. The highest BCUT2D eigenvalue weighted by atomic mass is 32.2. The number of aromatic nitrogens is 1. The number of thiazole rings is 1. The highest BCUT2D eigenvalue weighted by Gasteiger charge is 2.31. The number of fused-ring (bicyclic) bond motifs is 1. The van der Waals surface area contributed by atoms with Crippen LogP contribution in [0.2, 0.25) is 0 Å². The summed E-state index contributed by atoms with van der Waals surface area (Å²) in [5.41, 5.74) is 1.44. The molecule has 0 atom stereocenters. The lowest BCUT2D eigenvalue weighted by Gasteiger charge is -2.35. The molecule has 2 heterocycles. The molecule has 1 aliphatic rings. The van der Waals surface area contributed by atoms with Crippen LogP contribution in [0, 0.1) is 5.41 Å². The Balaban J connectivity index is 1.70. The first-order valence-corrected chi connectivity index (χ1v) is 8.92. The number of hydrogen-bond donors (Lipinski definition) is 1. The molecule has 2 nitrogen and oxygen atoms in total. The highest BCUT2D eigenvalue weighted by molar-refractivity contribution is 8.01. The van der Waals surface area contributed by atoms with Crippen LogP contribution in [-0.4, -0.2) is 29.7 Å². The van der Waals surface area contributed by atoms with Gasteiger partial charge >= 0.3 is 0 Å². The highest BCUT2D eigenvalue weighted by Crippen LogP contribution is 2.39. The molecule has 1 saturated heterocycles. The molecule has 1 aliphatic heterocycles. The number of thioether (sulfide) groups is 1. The minimum Gasteiger partial charge on any atom is -0.381 e. The van der Waals surface area contributed by atoms with Gasteiger partial charge in [0.15, 0.2) is 4.34 Å². The zero-order chi connectivity index (χ0) is 13.1. The van der Waals surface area contributed by atoms with Crippen molar-refractivity contribution in [3.05, 3.63) is 24.3 Å². The summed E-state index contributed by atoms with van der Waals surface area (Å²) in [7, 11) is 0. The number of benzene rings is 1. The Hall–Kier alpha value is -0.230. The average molecular weight is 311 g/mol. The SMILES string of the molecule is SCC1(CSc2nc3ccccc3s2)CCOCC1. The van der Waals surface area contributed by atoms with Crippen LogP contribution in [0.5, 0.6) is 0 Å². The molecule has 19 heavy (non-hydrogen) atoms. The molecule has 0 bridgehead atoms. The van der Waals surface area contributed by atoms with Crippen LogP contribution in [-0.2, 0) is 4.74 Å². The standard InChI is InChI=1S/C14H17NOS3/c17-9-14(5-7-16-8-6-14)10-18-13-15-11-3-1-2-4-12(11)19-13/h1-4,17H,5-10H2. The maximum Gasteiger partial charge on any atom is 0.151 e. The topological polar surface area (TPSA) is 22.1 Å². The Labute approximate surface area is 127 Å². The van der Waals surface area contributed by atoms with Gasteiger partial charge < -0.3 is 4.74 Å². The van der Waals surface area contributed by atoms with Gasteiger partial charge in [0.2, 0.25) is 0 Å². The third-order valence-electron chi connectivity index (χ3n) is 3.66. The van der Waals surface area contributed by atoms with Crippen molar-refractivity contribution in [3.63, 3.8) is 0 Å². The molecule has 1 aromatic heterocycles. The predicted molar refractivity (Wildman–Crippen MR) is 86.7 cm³/mol. The molecular weight excluding hydrogens is 294 g/mol. The fourth-order valence-electron chi connectivity index (χ4n) is 2.28. The number of ether oxygens (including phenoxy) is 1. The first-order chi connectivity index (χ1) is 9.31. The Morgan fingerprint density at radius 2 is 2.11 bits per heavy atom. The zero-order valence-electron chi connectivity index (χ0n) is 10.7. The van der Waals surface area contributed by atoms with Crippen molar-refractivity contribution in [1.29, 1.82) is 0 Å². The summed E-state index contributed by atoms with van der Waals surface area (Å²) >= 11 is 8.23. The average Bonchev–Trinajstić information content (AvgIpc) is 2.89. The fourth-order valence-corrected chi connectivity index (χ4v) is 5.22. The molecule has 0 N–H and O–H groups in total. The third-order valence-corrected chi connectivity index (χ3v) is 6.87. The third kappa shape index (κ3) is 3.10. The molecular formula is C14H17NOS3. The van der Waals surface area contributed by atoms with Crippen molar-refractivity contribution in [2.75, 3.05) is 24.7 Å². The molecule has 102 valence electrons. The van der Waals surface area contributed by atoms with Gasteiger partial charge in [-0.3, -0.25) is 0 Å². The van der Waals surface area contributed by atoms with Crippen LogP contribution in [0.3, 0.4) is 0 Å². The van der Waals surface area contributed by atoms with Gasteiger partial charge in [-0.15, -0.1) is 11.3 Å². The quantitative estimate of drug-likeness (QED) is 0.678. The normalized spacial score (nSPS) is 18.8. The second-order valence-corrected chi connectivity index (χ2v) is 7.58. The smallest absolute Gasteiger partial charge is 0.151 e. The summed E-state index contributed by atoms with van der Waals surface area (Å²) in [5.74, 6) is 2.04. The van der Waals surface area contributed by atoms with Crippen molar-refractivity contribution in [3.8, 4) is 0 Å². The minimum atomic E-state index is 0.323. The van der Waals surface area contributed by atoms with Gasteiger partial charge in [0.05, 0.1) is 10.2 Å². The Morgan fingerprint density at radius 3 is 2.84 bits per heavy atom. The van der Waals surface area contributed by atoms with Gasteiger partial charge in [-0.25, -0.2) is 4.98 Å². The molecule has 3 rings (SSSR count). The lowest BCUT2D eigenvalue weighted by Crippen LogP contribution is -2.33. The summed E-state index contributed by atoms with van der Waals surface area (Å²) in [4.78, 5) is 4.69. The van der Waals surface area contributed by atoms with Gasteiger partial charge in [0.1, 0.15) is 0 Å². The number of para-hydroxylation sites is 1. The lowest BCUT2D eigenvalue weighted by molar-refractivity contribution is 0.0371. The predicted octanol–water partition coefficient (Wildman–Crippen LogP) is 4.12. The molecule has 0 radical (unpaired) electrons.